The van der Waals surface area contributed by atoms with Gasteiger partial charge in [0.1, 0.15) is 11.6 Å². The Balaban J connectivity index is 2.09. The van der Waals surface area contributed by atoms with Gasteiger partial charge < -0.3 is 10.1 Å². The SMILES string of the molecule is CC(C)C1CCOC(c2cc(F)cc(F)c2)CN1. The van der Waals surface area contributed by atoms with Crippen LogP contribution in [0.3, 0.4) is 0 Å². The molecule has 18 heavy (non-hydrogen) atoms. The van der Waals surface area contributed by atoms with Crippen molar-refractivity contribution in [2.75, 3.05) is 13.2 Å². The molecule has 4 heteroatoms. The predicted molar refractivity (Wildman–Crippen MR) is 66.3 cm³/mol. The monoisotopic (exact) mass is 255 g/mol. The third-order valence-electron chi connectivity index (χ3n) is 3.37. The molecule has 0 bridgehead atoms. The highest BCUT2D eigenvalue weighted by atomic mass is 19.1. The van der Waals surface area contributed by atoms with Gasteiger partial charge in [0.25, 0.3) is 0 Å². The summed E-state index contributed by atoms with van der Waals surface area (Å²) < 4.78 is 32.0. The van der Waals surface area contributed by atoms with Crippen LogP contribution in [0.4, 0.5) is 8.78 Å². The van der Waals surface area contributed by atoms with E-state index < -0.39 is 11.6 Å². The van der Waals surface area contributed by atoms with Crippen molar-refractivity contribution in [3.05, 3.63) is 35.4 Å². The van der Waals surface area contributed by atoms with Crippen LogP contribution in [0.2, 0.25) is 0 Å². The molecule has 0 aliphatic carbocycles. The van der Waals surface area contributed by atoms with E-state index in [1.807, 2.05) is 0 Å². The molecule has 1 aliphatic heterocycles. The molecule has 100 valence electrons. The van der Waals surface area contributed by atoms with Crippen molar-refractivity contribution >= 4 is 0 Å². The van der Waals surface area contributed by atoms with Gasteiger partial charge in [-0.1, -0.05) is 13.8 Å². The first-order valence-corrected chi connectivity index (χ1v) is 6.37. The fourth-order valence-electron chi connectivity index (χ4n) is 2.30. The van der Waals surface area contributed by atoms with Gasteiger partial charge in [-0.3, -0.25) is 0 Å². The highest BCUT2D eigenvalue weighted by molar-refractivity contribution is 5.21. The summed E-state index contributed by atoms with van der Waals surface area (Å²) in [5.41, 5.74) is 0.560. The van der Waals surface area contributed by atoms with Gasteiger partial charge in [0.2, 0.25) is 0 Å². The molecule has 0 radical (unpaired) electrons. The molecule has 1 saturated heterocycles. The summed E-state index contributed by atoms with van der Waals surface area (Å²) in [5.74, 6) is -0.590. The number of hydrogen-bond donors (Lipinski definition) is 1. The number of rotatable bonds is 2. The van der Waals surface area contributed by atoms with Crippen molar-refractivity contribution in [1.29, 1.82) is 0 Å². The first-order chi connectivity index (χ1) is 8.56. The second kappa shape index (κ2) is 5.76. The molecule has 0 aromatic heterocycles. The van der Waals surface area contributed by atoms with E-state index in [9.17, 15) is 8.78 Å². The normalized spacial score (nSPS) is 25.2. The molecule has 1 aromatic carbocycles. The number of hydrogen-bond acceptors (Lipinski definition) is 2. The summed E-state index contributed by atoms with van der Waals surface area (Å²) in [6.45, 7) is 5.50. The molecule has 0 saturated carbocycles. The zero-order valence-corrected chi connectivity index (χ0v) is 10.7. The standard InChI is InChI=1S/C14H19F2NO/c1-9(2)13-3-4-18-14(8-17-13)10-5-11(15)7-12(16)6-10/h5-7,9,13-14,17H,3-4,8H2,1-2H3. The van der Waals surface area contributed by atoms with Gasteiger partial charge in [-0.2, -0.15) is 0 Å². The van der Waals surface area contributed by atoms with Crippen LogP contribution >= 0.6 is 0 Å². The average Bonchev–Trinajstić information content (AvgIpc) is 2.52. The molecular weight excluding hydrogens is 236 g/mol. The second-order valence-electron chi connectivity index (χ2n) is 5.11. The highest BCUT2D eigenvalue weighted by Crippen LogP contribution is 2.23. The summed E-state index contributed by atoms with van der Waals surface area (Å²) in [4.78, 5) is 0. The van der Waals surface area contributed by atoms with Gasteiger partial charge in [0, 0.05) is 25.3 Å². The van der Waals surface area contributed by atoms with Crippen LogP contribution in [0.15, 0.2) is 18.2 Å². The second-order valence-corrected chi connectivity index (χ2v) is 5.11. The minimum absolute atomic E-state index is 0.279. The van der Waals surface area contributed by atoms with Crippen molar-refractivity contribution in [3.63, 3.8) is 0 Å². The fourth-order valence-corrected chi connectivity index (χ4v) is 2.30. The molecule has 2 unspecified atom stereocenters. The molecule has 1 fully saturated rings. The molecule has 2 nitrogen and oxygen atoms in total. The van der Waals surface area contributed by atoms with Crippen LogP contribution in [0.5, 0.6) is 0 Å². The maximum Gasteiger partial charge on any atom is 0.126 e. The Kier molecular flexibility index (Phi) is 4.30. The Hall–Kier alpha value is -1.00. The summed E-state index contributed by atoms with van der Waals surface area (Å²) in [6.07, 6.45) is 0.644. The van der Waals surface area contributed by atoms with Crippen molar-refractivity contribution < 1.29 is 13.5 Å². The van der Waals surface area contributed by atoms with E-state index in [1.165, 1.54) is 12.1 Å². The van der Waals surface area contributed by atoms with Crippen molar-refractivity contribution in [2.24, 2.45) is 5.92 Å². The Morgan fingerprint density at radius 1 is 1.22 bits per heavy atom. The number of nitrogens with one attached hydrogen (secondary N) is 1. The van der Waals surface area contributed by atoms with Crippen LogP contribution in [-0.4, -0.2) is 19.2 Å². The maximum atomic E-state index is 13.2. The van der Waals surface area contributed by atoms with Crippen molar-refractivity contribution in [2.45, 2.75) is 32.4 Å². The van der Waals surface area contributed by atoms with Crippen LogP contribution in [0, 0.1) is 17.6 Å². The Morgan fingerprint density at radius 2 is 1.89 bits per heavy atom. The summed E-state index contributed by atoms with van der Waals surface area (Å²) >= 11 is 0. The Morgan fingerprint density at radius 3 is 2.50 bits per heavy atom. The lowest BCUT2D eigenvalue weighted by Crippen LogP contribution is -2.34. The van der Waals surface area contributed by atoms with E-state index in [2.05, 4.69) is 19.2 Å². The fraction of sp³-hybridized carbons (Fsp3) is 0.571. The quantitative estimate of drug-likeness (QED) is 0.877. The molecule has 2 atom stereocenters. The zero-order chi connectivity index (χ0) is 13.1. The molecule has 1 aromatic rings. The van der Waals surface area contributed by atoms with E-state index in [4.69, 9.17) is 4.74 Å². The van der Waals surface area contributed by atoms with Gasteiger partial charge in [0.05, 0.1) is 6.10 Å². The van der Waals surface area contributed by atoms with Crippen molar-refractivity contribution in [1.82, 2.24) is 5.32 Å². The van der Waals surface area contributed by atoms with E-state index in [-0.39, 0.29) is 6.10 Å². The summed E-state index contributed by atoms with van der Waals surface area (Å²) in [5, 5.41) is 3.40. The van der Waals surface area contributed by atoms with Gasteiger partial charge in [0.15, 0.2) is 0 Å². The zero-order valence-electron chi connectivity index (χ0n) is 10.7. The first kappa shape index (κ1) is 13.4. The van der Waals surface area contributed by atoms with Gasteiger partial charge in [-0.05, 0) is 30.0 Å². The van der Waals surface area contributed by atoms with E-state index in [1.54, 1.807) is 0 Å². The van der Waals surface area contributed by atoms with Crippen LogP contribution in [-0.2, 0) is 4.74 Å². The third kappa shape index (κ3) is 3.27. The average molecular weight is 255 g/mol. The lowest BCUT2D eigenvalue weighted by molar-refractivity contribution is 0.0656. The van der Waals surface area contributed by atoms with Gasteiger partial charge >= 0.3 is 0 Å². The summed E-state index contributed by atoms with van der Waals surface area (Å²) in [7, 11) is 0. The smallest absolute Gasteiger partial charge is 0.126 e. The number of halogens is 2. The molecule has 0 amide bonds. The lowest BCUT2D eigenvalue weighted by Gasteiger charge is -2.20. The van der Waals surface area contributed by atoms with Gasteiger partial charge in [-0.25, -0.2) is 8.78 Å². The van der Waals surface area contributed by atoms with E-state index in [0.717, 1.165) is 12.5 Å². The van der Waals surface area contributed by atoms with Crippen LogP contribution < -0.4 is 5.32 Å². The lowest BCUT2D eigenvalue weighted by atomic mass is 10.0. The van der Waals surface area contributed by atoms with Crippen LogP contribution in [0.25, 0.3) is 0 Å². The molecular formula is C14H19F2NO. The molecule has 0 spiro atoms. The highest BCUT2D eigenvalue weighted by Gasteiger charge is 2.22. The van der Waals surface area contributed by atoms with Crippen molar-refractivity contribution in [3.8, 4) is 0 Å². The topological polar surface area (TPSA) is 21.3 Å². The predicted octanol–water partition coefficient (Wildman–Crippen LogP) is 3.04. The maximum absolute atomic E-state index is 13.2. The largest absolute Gasteiger partial charge is 0.372 e. The molecule has 1 heterocycles. The minimum Gasteiger partial charge on any atom is -0.372 e. The van der Waals surface area contributed by atoms with Crippen LogP contribution in [0.1, 0.15) is 31.9 Å². The Labute approximate surface area is 106 Å². The van der Waals surface area contributed by atoms with E-state index in [0.29, 0.717) is 30.7 Å². The molecule has 1 N–H and O–H groups in total. The first-order valence-electron chi connectivity index (χ1n) is 6.37. The molecule has 1 aliphatic rings. The van der Waals surface area contributed by atoms with Gasteiger partial charge in [-0.15, -0.1) is 0 Å². The summed E-state index contributed by atoms with van der Waals surface area (Å²) in [6, 6.07) is 3.95. The third-order valence-corrected chi connectivity index (χ3v) is 3.37. The van der Waals surface area contributed by atoms with E-state index >= 15 is 0 Å². The minimum atomic E-state index is -0.557. The Bertz CT molecular complexity index is 389. The number of benzene rings is 1. The number of ether oxygens (including phenoxy) is 1. The molecule has 2 rings (SSSR count).